The van der Waals surface area contributed by atoms with Crippen LogP contribution < -0.4 is 15.8 Å². The maximum Gasteiger partial charge on any atom is 0.387 e. The second-order valence-electron chi connectivity index (χ2n) is 5.66. The predicted octanol–water partition coefficient (Wildman–Crippen LogP) is 3.57. The highest BCUT2D eigenvalue weighted by atomic mass is 35.5. The van der Waals surface area contributed by atoms with Crippen molar-refractivity contribution in [1.29, 1.82) is 0 Å². The van der Waals surface area contributed by atoms with Crippen LogP contribution in [0.5, 0.6) is 5.75 Å². The van der Waals surface area contributed by atoms with E-state index in [-0.39, 0.29) is 36.7 Å². The number of halogens is 3. The van der Waals surface area contributed by atoms with Gasteiger partial charge in [0.2, 0.25) is 0 Å². The van der Waals surface area contributed by atoms with Crippen LogP contribution in [0, 0.1) is 0 Å². The molecule has 3 N–H and O–H groups in total. The summed E-state index contributed by atoms with van der Waals surface area (Å²) in [6.07, 6.45) is 3.79. The van der Waals surface area contributed by atoms with Gasteiger partial charge in [0.1, 0.15) is 17.8 Å². The number of benzene rings is 1. The second kappa shape index (κ2) is 8.31. The van der Waals surface area contributed by atoms with Gasteiger partial charge in [-0.15, -0.1) is 12.4 Å². The maximum absolute atomic E-state index is 12.3. The molecule has 5 nitrogen and oxygen atoms in total. The number of hydrogen-bond donors (Lipinski definition) is 2. The van der Waals surface area contributed by atoms with E-state index in [1.54, 1.807) is 18.2 Å². The Morgan fingerprint density at radius 1 is 1.40 bits per heavy atom. The average Bonchev–Trinajstić information content (AvgIpc) is 3.03. The number of rotatable bonds is 5. The molecule has 1 atom stereocenters. The summed E-state index contributed by atoms with van der Waals surface area (Å²) in [5, 5.41) is 2.96. The molecule has 0 bridgehead atoms. The third-order valence-electron chi connectivity index (χ3n) is 4.08. The lowest BCUT2D eigenvalue weighted by Gasteiger charge is -2.26. The molecule has 136 valence electrons. The molecule has 0 saturated carbocycles. The number of hydrogen-bond acceptors (Lipinski definition) is 4. The zero-order valence-electron chi connectivity index (χ0n) is 13.3. The molecule has 1 heterocycles. The van der Waals surface area contributed by atoms with Crippen LogP contribution in [0.1, 0.15) is 46.1 Å². The Kier molecular flexibility index (Phi) is 6.39. The lowest BCUT2D eigenvalue weighted by Crippen LogP contribution is -2.30. The normalized spacial score (nSPS) is 16.1. The minimum atomic E-state index is -2.85. The number of amides is 1. The molecule has 8 heteroatoms. The SMILES string of the molecule is Cl.NCc1cc(C(=O)NC2CCCc3cc(OC(F)F)ccc32)co1. The summed E-state index contributed by atoms with van der Waals surface area (Å²) < 4.78 is 34.3. The number of ether oxygens (including phenoxy) is 1. The highest BCUT2D eigenvalue weighted by Gasteiger charge is 2.23. The van der Waals surface area contributed by atoms with Crippen molar-refractivity contribution in [2.75, 3.05) is 0 Å². The Hall–Kier alpha value is -2.12. The number of carbonyl (C=O) groups excluding carboxylic acids is 1. The van der Waals surface area contributed by atoms with Gasteiger partial charge >= 0.3 is 6.61 Å². The first-order chi connectivity index (χ1) is 11.6. The zero-order chi connectivity index (χ0) is 17.1. The van der Waals surface area contributed by atoms with Gasteiger partial charge in [0.15, 0.2) is 0 Å². The first-order valence-corrected chi connectivity index (χ1v) is 7.73. The van der Waals surface area contributed by atoms with Crippen molar-refractivity contribution < 1.29 is 22.7 Å². The van der Waals surface area contributed by atoms with E-state index in [1.807, 2.05) is 0 Å². The fourth-order valence-corrected chi connectivity index (χ4v) is 2.97. The van der Waals surface area contributed by atoms with E-state index in [1.165, 1.54) is 12.3 Å². The van der Waals surface area contributed by atoms with Crippen LogP contribution in [-0.2, 0) is 13.0 Å². The van der Waals surface area contributed by atoms with Crippen LogP contribution >= 0.6 is 12.4 Å². The Balaban J connectivity index is 0.00000225. The average molecular weight is 373 g/mol. The molecule has 1 aliphatic carbocycles. The Morgan fingerprint density at radius 3 is 2.88 bits per heavy atom. The number of aryl methyl sites for hydroxylation is 1. The number of fused-ring (bicyclic) bond motifs is 1. The molecular weight excluding hydrogens is 354 g/mol. The van der Waals surface area contributed by atoms with E-state index in [4.69, 9.17) is 10.2 Å². The van der Waals surface area contributed by atoms with Crippen LogP contribution in [0.15, 0.2) is 34.9 Å². The third-order valence-corrected chi connectivity index (χ3v) is 4.08. The molecule has 0 saturated heterocycles. The van der Waals surface area contributed by atoms with Crippen LogP contribution in [0.4, 0.5) is 8.78 Å². The van der Waals surface area contributed by atoms with E-state index in [2.05, 4.69) is 10.1 Å². The topological polar surface area (TPSA) is 77.5 Å². The van der Waals surface area contributed by atoms with Crippen molar-refractivity contribution in [3.8, 4) is 5.75 Å². The van der Waals surface area contributed by atoms with Gasteiger partial charge in [0, 0.05) is 0 Å². The lowest BCUT2D eigenvalue weighted by atomic mass is 9.87. The third kappa shape index (κ3) is 4.49. The molecular formula is C17H19ClF2N2O3. The van der Waals surface area contributed by atoms with Crippen LogP contribution in [-0.4, -0.2) is 12.5 Å². The predicted molar refractivity (Wildman–Crippen MR) is 90.1 cm³/mol. The molecule has 3 rings (SSSR count). The Bertz CT molecular complexity index is 736. The molecule has 1 aromatic heterocycles. The van der Waals surface area contributed by atoms with E-state index in [9.17, 15) is 13.6 Å². The van der Waals surface area contributed by atoms with Crippen molar-refractivity contribution in [1.82, 2.24) is 5.32 Å². The standard InChI is InChI=1S/C17H18F2N2O3.ClH/c18-17(19)24-12-4-5-14-10(6-12)2-1-3-15(14)21-16(22)11-7-13(8-20)23-9-11;/h4-7,9,15,17H,1-3,8,20H2,(H,21,22);1H. The summed E-state index contributed by atoms with van der Waals surface area (Å²) in [5.74, 6) is 0.431. The van der Waals surface area contributed by atoms with Gasteiger partial charge < -0.3 is 20.2 Å². The smallest absolute Gasteiger partial charge is 0.387 e. The number of alkyl halides is 2. The van der Waals surface area contributed by atoms with Gasteiger partial charge in [-0.2, -0.15) is 8.78 Å². The summed E-state index contributed by atoms with van der Waals surface area (Å²) >= 11 is 0. The van der Waals surface area contributed by atoms with Crippen molar-refractivity contribution in [2.45, 2.75) is 38.5 Å². The van der Waals surface area contributed by atoms with E-state index < -0.39 is 6.61 Å². The highest BCUT2D eigenvalue weighted by Crippen LogP contribution is 2.32. The van der Waals surface area contributed by atoms with Crippen molar-refractivity contribution in [3.63, 3.8) is 0 Å². The molecule has 0 fully saturated rings. The van der Waals surface area contributed by atoms with Gasteiger partial charge in [-0.1, -0.05) is 6.07 Å². The molecule has 1 aromatic carbocycles. The van der Waals surface area contributed by atoms with Crippen LogP contribution in [0.2, 0.25) is 0 Å². The molecule has 2 aromatic rings. The zero-order valence-corrected chi connectivity index (χ0v) is 14.2. The van der Waals surface area contributed by atoms with Crippen molar-refractivity contribution in [3.05, 3.63) is 53.0 Å². The monoisotopic (exact) mass is 372 g/mol. The van der Waals surface area contributed by atoms with Crippen LogP contribution in [0.25, 0.3) is 0 Å². The number of nitrogens with one attached hydrogen (secondary N) is 1. The molecule has 0 spiro atoms. The van der Waals surface area contributed by atoms with Gasteiger partial charge in [0.05, 0.1) is 18.2 Å². The first-order valence-electron chi connectivity index (χ1n) is 7.73. The summed E-state index contributed by atoms with van der Waals surface area (Å²) in [4.78, 5) is 12.3. The van der Waals surface area contributed by atoms with Gasteiger partial charge in [-0.05, 0) is 48.6 Å². The summed E-state index contributed by atoms with van der Waals surface area (Å²) in [6, 6.07) is 6.29. The number of carbonyl (C=O) groups is 1. The summed E-state index contributed by atoms with van der Waals surface area (Å²) in [7, 11) is 0. The summed E-state index contributed by atoms with van der Waals surface area (Å²) in [6.45, 7) is -2.62. The first kappa shape index (κ1) is 19.2. The Labute approximate surface area is 149 Å². The van der Waals surface area contributed by atoms with Crippen molar-refractivity contribution in [2.24, 2.45) is 5.73 Å². The van der Waals surface area contributed by atoms with E-state index in [0.717, 1.165) is 30.4 Å². The van der Waals surface area contributed by atoms with Gasteiger partial charge in [0.25, 0.3) is 5.91 Å². The number of furan rings is 1. The largest absolute Gasteiger partial charge is 0.467 e. The van der Waals surface area contributed by atoms with Gasteiger partial charge in [-0.3, -0.25) is 4.79 Å². The molecule has 1 unspecified atom stereocenters. The van der Waals surface area contributed by atoms with Crippen molar-refractivity contribution >= 4 is 18.3 Å². The molecule has 0 aliphatic heterocycles. The fourth-order valence-electron chi connectivity index (χ4n) is 2.97. The van der Waals surface area contributed by atoms with E-state index in [0.29, 0.717) is 11.3 Å². The number of nitrogens with two attached hydrogens (primary N) is 1. The van der Waals surface area contributed by atoms with Crippen LogP contribution in [0.3, 0.4) is 0 Å². The Morgan fingerprint density at radius 2 is 2.20 bits per heavy atom. The maximum atomic E-state index is 12.3. The summed E-state index contributed by atoms with van der Waals surface area (Å²) in [5.41, 5.74) is 7.73. The molecule has 1 aliphatic rings. The minimum Gasteiger partial charge on any atom is -0.467 e. The quantitative estimate of drug-likeness (QED) is 0.841. The minimum absolute atomic E-state index is 0. The molecule has 0 radical (unpaired) electrons. The molecule has 25 heavy (non-hydrogen) atoms. The fraction of sp³-hybridized carbons (Fsp3) is 0.353. The lowest BCUT2D eigenvalue weighted by molar-refractivity contribution is -0.0499. The second-order valence-corrected chi connectivity index (χ2v) is 5.66. The van der Waals surface area contributed by atoms with Gasteiger partial charge in [-0.25, -0.2) is 0 Å². The highest BCUT2D eigenvalue weighted by molar-refractivity contribution is 5.94. The van der Waals surface area contributed by atoms with E-state index >= 15 is 0 Å². The molecule has 1 amide bonds.